The van der Waals surface area contributed by atoms with E-state index in [0.29, 0.717) is 6.54 Å². The molecule has 2 atom stereocenters. The average molecular weight is 355 g/mol. The molecule has 2 saturated heterocycles. The van der Waals surface area contributed by atoms with Gasteiger partial charge in [-0.3, -0.25) is 19.5 Å². The Labute approximate surface area is 148 Å². The van der Waals surface area contributed by atoms with E-state index >= 15 is 0 Å². The molecule has 2 aliphatic heterocycles. The molecule has 0 aromatic rings. The van der Waals surface area contributed by atoms with Crippen LogP contribution in [0.2, 0.25) is 0 Å². The number of aliphatic imine (C=N–C) groups is 1. The Balaban J connectivity index is 1.84. The molecule has 0 bridgehead atoms. The molecule has 0 saturated carbocycles. The van der Waals surface area contributed by atoms with Crippen LogP contribution in [0.25, 0.3) is 0 Å². The summed E-state index contributed by atoms with van der Waals surface area (Å²) in [7, 11) is 0. The third kappa shape index (κ3) is 4.81. The van der Waals surface area contributed by atoms with Crippen molar-refractivity contribution in [2.45, 2.75) is 32.7 Å². The number of morpholine rings is 1. The summed E-state index contributed by atoms with van der Waals surface area (Å²) in [6, 6.07) is -0.0357. The molecule has 0 radical (unpaired) electrons. The summed E-state index contributed by atoms with van der Waals surface area (Å²) in [5, 5.41) is 2.80. The molecule has 134 valence electrons. The van der Waals surface area contributed by atoms with E-state index in [1.165, 1.54) is 16.0 Å². The van der Waals surface area contributed by atoms with Gasteiger partial charge in [-0.05, 0) is 25.6 Å². The van der Waals surface area contributed by atoms with E-state index in [2.05, 4.69) is 10.3 Å². The molecule has 2 rings (SSSR count). The summed E-state index contributed by atoms with van der Waals surface area (Å²) in [6.07, 6.45) is 3.18. The van der Waals surface area contributed by atoms with Crippen molar-refractivity contribution < 1.29 is 19.2 Å². The third-order valence-corrected chi connectivity index (χ3v) is 4.84. The predicted molar refractivity (Wildman–Crippen MR) is 95.2 cm³/mol. The number of thiocarbonyl (C=S) groups is 1. The van der Waals surface area contributed by atoms with Crippen LogP contribution in [0, 0.1) is 5.92 Å². The Hall–Kier alpha value is -1.38. The lowest BCUT2D eigenvalue weighted by Crippen LogP contribution is -3.14. The molecular weight excluding hydrogens is 328 g/mol. The summed E-state index contributed by atoms with van der Waals surface area (Å²) in [5.74, 6) is -1.53. The lowest BCUT2D eigenvalue weighted by atomic mass is 10.0. The number of amides is 2. The van der Waals surface area contributed by atoms with Gasteiger partial charge in [0.15, 0.2) is 11.0 Å². The van der Waals surface area contributed by atoms with Crippen molar-refractivity contribution in [3.63, 3.8) is 0 Å². The zero-order valence-corrected chi connectivity index (χ0v) is 15.2. The highest BCUT2D eigenvalue weighted by molar-refractivity contribution is 7.80. The van der Waals surface area contributed by atoms with Crippen molar-refractivity contribution in [1.82, 2.24) is 10.2 Å². The fourth-order valence-electron chi connectivity index (χ4n) is 2.85. The molecule has 0 aromatic carbocycles. The van der Waals surface area contributed by atoms with E-state index in [1.807, 2.05) is 13.8 Å². The third-order valence-electron chi connectivity index (χ3n) is 4.54. The van der Waals surface area contributed by atoms with Gasteiger partial charge in [-0.15, -0.1) is 0 Å². The van der Waals surface area contributed by atoms with Crippen molar-refractivity contribution in [3.8, 4) is 0 Å². The number of hydrogen-bond donors (Lipinski definition) is 2. The molecule has 0 unspecified atom stereocenters. The lowest BCUT2D eigenvalue weighted by molar-refractivity contribution is -0.908. The van der Waals surface area contributed by atoms with Crippen molar-refractivity contribution in [1.29, 1.82) is 0 Å². The highest BCUT2D eigenvalue weighted by Crippen LogP contribution is 2.14. The van der Waals surface area contributed by atoms with Gasteiger partial charge in [0, 0.05) is 25.2 Å². The minimum Gasteiger partial charge on any atom is -0.370 e. The van der Waals surface area contributed by atoms with Crippen molar-refractivity contribution in [3.05, 3.63) is 0 Å². The molecule has 8 heteroatoms. The van der Waals surface area contributed by atoms with Crippen molar-refractivity contribution in [2.75, 3.05) is 39.4 Å². The molecule has 7 nitrogen and oxygen atoms in total. The van der Waals surface area contributed by atoms with Gasteiger partial charge in [0.25, 0.3) is 0 Å². The molecule has 0 spiro atoms. The van der Waals surface area contributed by atoms with Crippen LogP contribution >= 0.6 is 12.2 Å². The number of quaternary nitrogens is 1. The fraction of sp³-hybridized carbons (Fsp3) is 0.750. The van der Waals surface area contributed by atoms with E-state index < -0.39 is 5.92 Å². The molecular formula is C16H27N4O3S+. The molecule has 2 amide bonds. The van der Waals surface area contributed by atoms with E-state index in [-0.39, 0.29) is 23.0 Å². The topological polar surface area (TPSA) is 75.4 Å². The SMILES string of the molecule is CC[C@@H](C)N1C(=O)[C@@H](C=NCCC[NH+]2CCOCC2)C(=O)NC1=S. The van der Waals surface area contributed by atoms with Crippen molar-refractivity contribution in [2.24, 2.45) is 10.9 Å². The van der Waals surface area contributed by atoms with Gasteiger partial charge in [-0.25, -0.2) is 0 Å². The lowest BCUT2D eigenvalue weighted by Gasteiger charge is -2.34. The molecule has 24 heavy (non-hydrogen) atoms. The summed E-state index contributed by atoms with van der Waals surface area (Å²) in [4.78, 5) is 31.9. The van der Waals surface area contributed by atoms with Gasteiger partial charge in [-0.1, -0.05) is 6.92 Å². The maximum atomic E-state index is 12.5. The smallest absolute Gasteiger partial charge is 0.247 e. The predicted octanol–water partition coefficient (Wildman–Crippen LogP) is -0.980. The molecule has 2 aliphatic rings. The molecule has 0 aliphatic carbocycles. The van der Waals surface area contributed by atoms with E-state index in [1.54, 1.807) is 0 Å². The Morgan fingerprint density at radius 1 is 1.46 bits per heavy atom. The normalized spacial score (nSPS) is 24.5. The Bertz CT molecular complexity index is 506. The van der Waals surface area contributed by atoms with E-state index in [4.69, 9.17) is 17.0 Å². The van der Waals surface area contributed by atoms with E-state index in [0.717, 1.165) is 45.7 Å². The van der Waals surface area contributed by atoms with Crippen LogP contribution in [-0.2, 0) is 14.3 Å². The van der Waals surface area contributed by atoms with Crippen LogP contribution in [0.5, 0.6) is 0 Å². The Morgan fingerprint density at radius 2 is 2.17 bits per heavy atom. The second kappa shape index (κ2) is 9.19. The summed E-state index contributed by atoms with van der Waals surface area (Å²) >= 11 is 5.12. The second-order valence-electron chi connectivity index (χ2n) is 6.26. The highest BCUT2D eigenvalue weighted by Gasteiger charge is 2.39. The quantitative estimate of drug-likeness (QED) is 0.266. The number of hydrogen-bond acceptors (Lipinski definition) is 5. The fourth-order valence-corrected chi connectivity index (χ4v) is 3.22. The first-order chi connectivity index (χ1) is 11.5. The maximum Gasteiger partial charge on any atom is 0.247 e. The van der Waals surface area contributed by atoms with Crippen molar-refractivity contribution >= 4 is 35.4 Å². The van der Waals surface area contributed by atoms with Gasteiger partial charge in [0.05, 0.1) is 19.8 Å². The number of carbonyl (C=O) groups excluding carboxylic acids is 2. The minimum absolute atomic E-state index is 0.0357. The van der Waals surface area contributed by atoms with Crippen LogP contribution in [0.15, 0.2) is 4.99 Å². The first kappa shape index (κ1) is 19.0. The summed E-state index contributed by atoms with van der Waals surface area (Å²) in [6.45, 7) is 9.27. The summed E-state index contributed by atoms with van der Waals surface area (Å²) < 4.78 is 5.33. The van der Waals surface area contributed by atoms with E-state index in [9.17, 15) is 9.59 Å². The molecule has 0 aromatic heterocycles. The number of rotatable bonds is 7. The highest BCUT2D eigenvalue weighted by atomic mass is 32.1. The number of carbonyl (C=O) groups is 2. The van der Waals surface area contributed by atoms with Crippen LogP contribution in [0.4, 0.5) is 0 Å². The molecule has 2 fully saturated rings. The number of nitrogens with one attached hydrogen (secondary N) is 2. The van der Waals surface area contributed by atoms with Gasteiger partial charge < -0.3 is 15.0 Å². The first-order valence-corrected chi connectivity index (χ1v) is 9.04. The van der Waals surface area contributed by atoms with Crippen LogP contribution in [-0.4, -0.2) is 73.5 Å². The zero-order valence-electron chi connectivity index (χ0n) is 14.4. The van der Waals surface area contributed by atoms with Crippen LogP contribution in [0.1, 0.15) is 26.7 Å². The minimum atomic E-state index is -0.874. The first-order valence-electron chi connectivity index (χ1n) is 8.63. The van der Waals surface area contributed by atoms with Gasteiger partial charge in [-0.2, -0.15) is 0 Å². The second-order valence-corrected chi connectivity index (χ2v) is 6.65. The average Bonchev–Trinajstić information content (AvgIpc) is 2.57. The Kier molecular flexibility index (Phi) is 7.26. The Morgan fingerprint density at radius 3 is 2.83 bits per heavy atom. The maximum absolute atomic E-state index is 12.5. The largest absolute Gasteiger partial charge is 0.370 e. The molecule has 2 heterocycles. The monoisotopic (exact) mass is 355 g/mol. The molecule has 2 N–H and O–H groups in total. The van der Waals surface area contributed by atoms with Crippen LogP contribution < -0.4 is 10.2 Å². The number of nitrogens with zero attached hydrogens (tertiary/aromatic N) is 2. The van der Waals surface area contributed by atoms with Gasteiger partial charge in [0.1, 0.15) is 13.1 Å². The van der Waals surface area contributed by atoms with Crippen LogP contribution in [0.3, 0.4) is 0 Å². The van der Waals surface area contributed by atoms with Gasteiger partial charge in [0.2, 0.25) is 11.8 Å². The number of ether oxygens (including phenoxy) is 1. The standard InChI is InChI=1S/C16H26N4O3S/c1-3-12(2)20-15(22)13(14(21)18-16(20)24)11-17-5-4-6-19-7-9-23-10-8-19/h11-13H,3-10H2,1-2H3,(H,18,21,24)/p+1/t12-,13+/m1/s1. The zero-order chi connectivity index (χ0) is 17.5. The summed E-state index contributed by atoms with van der Waals surface area (Å²) in [5.41, 5.74) is 0. The van der Waals surface area contributed by atoms with Gasteiger partial charge >= 0.3 is 0 Å².